The lowest BCUT2D eigenvalue weighted by Crippen LogP contribution is -2.34. The highest BCUT2D eigenvalue weighted by Gasteiger charge is 2.12. The van der Waals surface area contributed by atoms with Crippen LogP contribution < -0.4 is 16.4 Å². The van der Waals surface area contributed by atoms with Crippen molar-refractivity contribution in [3.63, 3.8) is 0 Å². The molecule has 0 radical (unpaired) electrons. The van der Waals surface area contributed by atoms with Gasteiger partial charge in [0.1, 0.15) is 6.04 Å². The maximum absolute atomic E-state index is 12.1. The normalized spacial score (nSPS) is 11.6. The number of carbonyl (C=O) groups is 2. The molecule has 0 fully saturated rings. The maximum Gasteiger partial charge on any atom is 0.255 e. The van der Waals surface area contributed by atoms with E-state index >= 15 is 0 Å². The highest BCUT2D eigenvalue weighted by atomic mass is 35.5. The molecular formula is C17H18ClN3O2. The van der Waals surface area contributed by atoms with E-state index in [9.17, 15) is 9.59 Å². The Bertz CT molecular complexity index is 684. The number of nitrogens with one attached hydrogen (secondary N) is 2. The van der Waals surface area contributed by atoms with Gasteiger partial charge in [0, 0.05) is 22.0 Å². The van der Waals surface area contributed by atoms with Gasteiger partial charge in [-0.25, -0.2) is 0 Å². The molecule has 23 heavy (non-hydrogen) atoms. The summed E-state index contributed by atoms with van der Waals surface area (Å²) in [6.45, 7) is 1.88. The van der Waals surface area contributed by atoms with Gasteiger partial charge >= 0.3 is 0 Å². The van der Waals surface area contributed by atoms with E-state index in [2.05, 4.69) is 10.6 Å². The first-order valence-corrected chi connectivity index (χ1v) is 7.60. The molecule has 1 atom stereocenters. The molecule has 6 heteroatoms. The van der Waals surface area contributed by atoms with Crippen molar-refractivity contribution in [2.45, 2.75) is 19.4 Å². The monoisotopic (exact) mass is 331 g/mol. The summed E-state index contributed by atoms with van der Waals surface area (Å²) < 4.78 is 0. The van der Waals surface area contributed by atoms with E-state index in [1.807, 2.05) is 6.92 Å². The summed E-state index contributed by atoms with van der Waals surface area (Å²) in [5.41, 5.74) is 7.24. The highest BCUT2D eigenvalue weighted by molar-refractivity contribution is 6.30. The van der Waals surface area contributed by atoms with E-state index < -0.39 is 11.9 Å². The molecule has 0 aliphatic heterocycles. The predicted octanol–water partition coefficient (Wildman–Crippen LogP) is 3.27. The van der Waals surface area contributed by atoms with Crippen LogP contribution >= 0.6 is 11.6 Å². The number of hydrogen-bond donors (Lipinski definition) is 3. The molecule has 0 saturated heterocycles. The van der Waals surface area contributed by atoms with Crippen molar-refractivity contribution in [3.8, 4) is 0 Å². The van der Waals surface area contributed by atoms with Crippen LogP contribution in [0.4, 0.5) is 11.4 Å². The first-order chi connectivity index (χ1) is 11.0. The van der Waals surface area contributed by atoms with Crippen LogP contribution in [0.15, 0.2) is 48.5 Å². The van der Waals surface area contributed by atoms with Gasteiger partial charge in [0.05, 0.1) is 0 Å². The Morgan fingerprint density at radius 1 is 1.04 bits per heavy atom. The summed E-state index contributed by atoms with van der Waals surface area (Å²) in [6, 6.07) is 13.3. The minimum Gasteiger partial charge on any atom is -0.374 e. The highest BCUT2D eigenvalue weighted by Crippen LogP contribution is 2.17. The van der Waals surface area contributed by atoms with Gasteiger partial charge in [0.15, 0.2) is 0 Å². The number of carbonyl (C=O) groups excluding carboxylic acids is 2. The van der Waals surface area contributed by atoms with E-state index in [4.69, 9.17) is 17.3 Å². The molecule has 2 aromatic carbocycles. The first-order valence-electron chi connectivity index (χ1n) is 7.22. The van der Waals surface area contributed by atoms with E-state index in [-0.39, 0.29) is 5.91 Å². The van der Waals surface area contributed by atoms with Gasteiger partial charge in [-0.1, -0.05) is 18.5 Å². The van der Waals surface area contributed by atoms with Gasteiger partial charge in [0.25, 0.3) is 5.91 Å². The smallest absolute Gasteiger partial charge is 0.255 e. The third-order valence-corrected chi connectivity index (χ3v) is 3.59. The molecule has 0 bridgehead atoms. The van der Waals surface area contributed by atoms with Crippen molar-refractivity contribution < 1.29 is 9.59 Å². The molecular weight excluding hydrogens is 314 g/mol. The third-order valence-electron chi connectivity index (χ3n) is 3.34. The summed E-state index contributed by atoms with van der Waals surface area (Å²) in [7, 11) is 0. The van der Waals surface area contributed by atoms with E-state index in [0.29, 0.717) is 22.7 Å². The lowest BCUT2D eigenvalue weighted by Gasteiger charge is -2.15. The van der Waals surface area contributed by atoms with Gasteiger partial charge in [-0.05, 0) is 55.0 Å². The number of primary amides is 1. The largest absolute Gasteiger partial charge is 0.374 e. The zero-order valence-corrected chi connectivity index (χ0v) is 13.4. The fourth-order valence-electron chi connectivity index (χ4n) is 2.03. The maximum atomic E-state index is 12.1. The summed E-state index contributed by atoms with van der Waals surface area (Å²) in [4.78, 5) is 23.3. The Hall–Kier alpha value is -2.53. The number of anilines is 2. The van der Waals surface area contributed by atoms with Crippen molar-refractivity contribution >= 4 is 34.8 Å². The van der Waals surface area contributed by atoms with Crippen molar-refractivity contribution in [1.82, 2.24) is 0 Å². The fraction of sp³-hybridized carbons (Fsp3) is 0.176. The van der Waals surface area contributed by atoms with Crippen molar-refractivity contribution in [3.05, 3.63) is 59.1 Å². The molecule has 5 nitrogen and oxygen atoms in total. The molecule has 2 rings (SSSR count). The van der Waals surface area contributed by atoms with Crippen LogP contribution in [0.3, 0.4) is 0 Å². The Balaban J connectivity index is 2.00. The van der Waals surface area contributed by atoms with Crippen LogP contribution in [0.25, 0.3) is 0 Å². The van der Waals surface area contributed by atoms with Gasteiger partial charge in [-0.2, -0.15) is 0 Å². The fourth-order valence-corrected chi connectivity index (χ4v) is 2.16. The summed E-state index contributed by atoms with van der Waals surface area (Å²) >= 11 is 5.80. The molecule has 0 aliphatic carbocycles. The molecule has 0 heterocycles. The van der Waals surface area contributed by atoms with E-state index in [1.165, 1.54) is 0 Å². The average molecular weight is 332 g/mol. The first kappa shape index (κ1) is 16.8. The van der Waals surface area contributed by atoms with Crippen LogP contribution in [-0.4, -0.2) is 17.9 Å². The van der Waals surface area contributed by atoms with E-state index in [0.717, 1.165) is 5.69 Å². The molecule has 0 saturated carbocycles. The zero-order valence-electron chi connectivity index (χ0n) is 12.7. The van der Waals surface area contributed by atoms with E-state index in [1.54, 1.807) is 48.5 Å². The number of amides is 2. The molecule has 0 aromatic heterocycles. The Morgan fingerprint density at radius 3 is 2.13 bits per heavy atom. The Kier molecular flexibility index (Phi) is 5.60. The quantitative estimate of drug-likeness (QED) is 0.759. The molecule has 2 aromatic rings. The minimum absolute atomic E-state index is 0.217. The second kappa shape index (κ2) is 7.65. The predicted molar refractivity (Wildman–Crippen MR) is 92.7 cm³/mol. The molecule has 2 amide bonds. The topological polar surface area (TPSA) is 84.2 Å². The van der Waals surface area contributed by atoms with Gasteiger partial charge in [-0.3, -0.25) is 9.59 Å². The van der Waals surface area contributed by atoms with Crippen LogP contribution in [-0.2, 0) is 4.79 Å². The Morgan fingerprint density at radius 2 is 1.61 bits per heavy atom. The lowest BCUT2D eigenvalue weighted by molar-refractivity contribution is -0.118. The second-order valence-electron chi connectivity index (χ2n) is 5.05. The van der Waals surface area contributed by atoms with Crippen LogP contribution in [0.2, 0.25) is 5.02 Å². The summed E-state index contributed by atoms with van der Waals surface area (Å²) in [6.07, 6.45) is 0.602. The molecule has 4 N–H and O–H groups in total. The van der Waals surface area contributed by atoms with Crippen molar-refractivity contribution in [2.24, 2.45) is 5.73 Å². The minimum atomic E-state index is -0.412. The van der Waals surface area contributed by atoms with Crippen molar-refractivity contribution in [1.29, 1.82) is 0 Å². The second-order valence-corrected chi connectivity index (χ2v) is 5.48. The number of halogens is 1. The molecule has 0 aliphatic rings. The molecule has 120 valence electrons. The van der Waals surface area contributed by atoms with Crippen LogP contribution in [0, 0.1) is 0 Å². The SMILES string of the molecule is CCC(Nc1ccc(NC(=O)c2ccc(Cl)cc2)cc1)C(N)=O. The molecule has 1 unspecified atom stereocenters. The average Bonchev–Trinajstić information content (AvgIpc) is 2.54. The van der Waals surface area contributed by atoms with Gasteiger partial charge < -0.3 is 16.4 Å². The Labute approximate surface area is 139 Å². The summed E-state index contributed by atoms with van der Waals surface area (Å²) in [5.74, 6) is -0.612. The number of rotatable bonds is 6. The van der Waals surface area contributed by atoms with Crippen LogP contribution in [0.1, 0.15) is 23.7 Å². The number of nitrogens with two attached hydrogens (primary N) is 1. The lowest BCUT2D eigenvalue weighted by atomic mass is 10.2. The van der Waals surface area contributed by atoms with Crippen molar-refractivity contribution in [2.75, 3.05) is 10.6 Å². The van der Waals surface area contributed by atoms with Gasteiger partial charge in [-0.15, -0.1) is 0 Å². The number of benzene rings is 2. The molecule has 0 spiro atoms. The van der Waals surface area contributed by atoms with Gasteiger partial charge in [0.2, 0.25) is 5.91 Å². The number of hydrogen-bond acceptors (Lipinski definition) is 3. The zero-order chi connectivity index (χ0) is 16.8. The summed E-state index contributed by atoms with van der Waals surface area (Å²) in [5, 5.41) is 6.42. The third kappa shape index (κ3) is 4.72. The van der Waals surface area contributed by atoms with Crippen LogP contribution in [0.5, 0.6) is 0 Å². The standard InChI is InChI=1S/C17H18ClN3O2/c1-2-15(16(19)22)20-13-7-9-14(10-8-13)21-17(23)11-3-5-12(18)6-4-11/h3-10,15,20H,2H2,1H3,(H2,19,22)(H,21,23).